The van der Waals surface area contributed by atoms with Crippen molar-refractivity contribution in [1.82, 2.24) is 4.98 Å². The van der Waals surface area contributed by atoms with E-state index in [2.05, 4.69) is 61.4 Å². The molecule has 1 aliphatic rings. The van der Waals surface area contributed by atoms with Crippen molar-refractivity contribution < 1.29 is 0 Å². The Morgan fingerprint density at radius 1 is 0.690 bits per heavy atom. The van der Waals surface area contributed by atoms with Crippen LogP contribution in [0.3, 0.4) is 0 Å². The Labute approximate surface area is 179 Å². The maximum absolute atomic E-state index is 4.68. The summed E-state index contributed by atoms with van der Waals surface area (Å²) in [6, 6.07) is 13.6. The molecule has 0 bridgehead atoms. The molecule has 0 radical (unpaired) electrons. The molecule has 0 N–H and O–H groups in total. The van der Waals surface area contributed by atoms with Crippen LogP contribution in [0.5, 0.6) is 0 Å². The summed E-state index contributed by atoms with van der Waals surface area (Å²) in [5, 5.41) is 0. The molecule has 2 aromatic rings. The van der Waals surface area contributed by atoms with Crippen molar-refractivity contribution in [2.45, 2.75) is 97.3 Å². The first-order chi connectivity index (χ1) is 14.3. The summed E-state index contributed by atoms with van der Waals surface area (Å²) < 4.78 is 0. The summed E-state index contributed by atoms with van der Waals surface area (Å²) in [5.74, 6) is 1.98. The Kier molecular flexibility index (Phi) is 9.25. The normalized spacial score (nSPS) is 19.4. The highest BCUT2D eigenvalue weighted by Gasteiger charge is 2.20. The number of hydrogen-bond donors (Lipinski definition) is 0. The third-order valence-electron chi connectivity index (χ3n) is 6.92. The number of unbranched alkanes of at least 4 members (excludes halogenated alkanes) is 3. The fourth-order valence-electron chi connectivity index (χ4n) is 4.83. The van der Waals surface area contributed by atoms with Crippen LogP contribution in [0.4, 0.5) is 0 Å². The maximum atomic E-state index is 4.68. The van der Waals surface area contributed by atoms with Crippen LogP contribution in [-0.4, -0.2) is 4.98 Å². The Balaban J connectivity index is 1.42. The maximum Gasteiger partial charge on any atom is 0.0702 e. The number of hydrogen-bond acceptors (Lipinski definition) is 1. The summed E-state index contributed by atoms with van der Waals surface area (Å²) in [6.07, 6.45) is 19.9. The van der Waals surface area contributed by atoms with Crippen LogP contribution in [0.25, 0.3) is 11.3 Å². The number of aromatic nitrogens is 1. The minimum atomic E-state index is 0.953. The van der Waals surface area contributed by atoms with Crippen molar-refractivity contribution in [3.8, 4) is 11.3 Å². The van der Waals surface area contributed by atoms with E-state index in [1.54, 1.807) is 0 Å². The Morgan fingerprint density at radius 2 is 1.34 bits per heavy atom. The van der Waals surface area contributed by atoms with Crippen molar-refractivity contribution in [1.29, 1.82) is 0 Å². The smallest absolute Gasteiger partial charge is 0.0702 e. The molecule has 29 heavy (non-hydrogen) atoms. The van der Waals surface area contributed by atoms with Gasteiger partial charge in [-0.05, 0) is 54.7 Å². The van der Waals surface area contributed by atoms with Gasteiger partial charge in [0, 0.05) is 11.8 Å². The summed E-state index contributed by atoms with van der Waals surface area (Å²) >= 11 is 0. The molecule has 0 unspecified atom stereocenters. The lowest BCUT2D eigenvalue weighted by Gasteiger charge is -2.28. The van der Waals surface area contributed by atoms with E-state index in [0.717, 1.165) is 24.0 Å². The number of pyridine rings is 1. The van der Waals surface area contributed by atoms with Gasteiger partial charge in [0.1, 0.15) is 0 Å². The van der Waals surface area contributed by atoms with Gasteiger partial charge in [-0.2, -0.15) is 0 Å². The topological polar surface area (TPSA) is 12.9 Å². The predicted molar refractivity (Wildman–Crippen MR) is 126 cm³/mol. The second-order valence-electron chi connectivity index (χ2n) is 9.27. The van der Waals surface area contributed by atoms with E-state index in [1.165, 1.54) is 93.7 Å². The van der Waals surface area contributed by atoms with E-state index < -0.39 is 0 Å². The quantitative estimate of drug-likeness (QED) is 0.350. The van der Waals surface area contributed by atoms with Crippen LogP contribution < -0.4 is 0 Å². The molecular formula is C28H41N. The van der Waals surface area contributed by atoms with Crippen LogP contribution >= 0.6 is 0 Å². The summed E-state index contributed by atoms with van der Waals surface area (Å²) in [5.41, 5.74) is 5.17. The highest BCUT2D eigenvalue weighted by molar-refractivity contribution is 5.59. The van der Waals surface area contributed by atoms with Gasteiger partial charge in [0.05, 0.1) is 5.69 Å². The number of nitrogens with zero attached hydrogens (tertiary/aromatic N) is 1. The van der Waals surface area contributed by atoms with E-state index in [9.17, 15) is 0 Å². The molecule has 0 saturated heterocycles. The van der Waals surface area contributed by atoms with Gasteiger partial charge >= 0.3 is 0 Å². The standard InChI is InChI=1S/C28H41N/c1-3-5-7-9-23-10-12-24(13-11-23)14-15-25-16-19-27(20-17-25)28-21-18-26(22-29-28)8-6-4-2/h16-24H,3-15H2,1-2H3/t23-,24-. The fourth-order valence-corrected chi connectivity index (χ4v) is 4.83. The molecule has 3 rings (SSSR count). The average Bonchev–Trinajstić information content (AvgIpc) is 2.78. The van der Waals surface area contributed by atoms with E-state index in [0.29, 0.717) is 0 Å². The van der Waals surface area contributed by atoms with Gasteiger partial charge in [0.15, 0.2) is 0 Å². The summed E-state index contributed by atoms with van der Waals surface area (Å²) in [4.78, 5) is 4.68. The largest absolute Gasteiger partial charge is 0.256 e. The third kappa shape index (κ3) is 7.28. The zero-order valence-corrected chi connectivity index (χ0v) is 18.8. The average molecular weight is 392 g/mol. The molecular weight excluding hydrogens is 350 g/mol. The van der Waals surface area contributed by atoms with Gasteiger partial charge < -0.3 is 0 Å². The van der Waals surface area contributed by atoms with Gasteiger partial charge in [-0.25, -0.2) is 0 Å². The Morgan fingerprint density at radius 3 is 1.97 bits per heavy atom. The molecule has 1 nitrogen and oxygen atoms in total. The molecule has 158 valence electrons. The van der Waals surface area contributed by atoms with Crippen molar-refractivity contribution in [3.05, 3.63) is 53.7 Å². The SMILES string of the molecule is CCCCC[C@H]1CC[C@H](CCc2ccc(-c3ccc(CCCC)cn3)cc2)CC1. The fraction of sp³-hybridized carbons (Fsp3) is 0.607. The molecule has 0 spiro atoms. The molecule has 1 heteroatoms. The Hall–Kier alpha value is -1.63. The van der Waals surface area contributed by atoms with Crippen molar-refractivity contribution >= 4 is 0 Å². The molecule has 0 amide bonds. The van der Waals surface area contributed by atoms with Crippen LogP contribution in [0, 0.1) is 11.8 Å². The minimum Gasteiger partial charge on any atom is -0.256 e. The van der Waals surface area contributed by atoms with Crippen molar-refractivity contribution in [2.75, 3.05) is 0 Å². The Bertz CT molecular complexity index is 677. The highest BCUT2D eigenvalue weighted by atomic mass is 14.7. The van der Waals surface area contributed by atoms with Gasteiger partial charge in [0.25, 0.3) is 0 Å². The monoisotopic (exact) mass is 391 g/mol. The second-order valence-corrected chi connectivity index (χ2v) is 9.27. The van der Waals surface area contributed by atoms with Gasteiger partial charge in [-0.3, -0.25) is 4.98 Å². The van der Waals surface area contributed by atoms with Gasteiger partial charge in [-0.1, -0.05) is 102 Å². The van der Waals surface area contributed by atoms with Crippen molar-refractivity contribution in [2.24, 2.45) is 11.8 Å². The van der Waals surface area contributed by atoms with Crippen LogP contribution in [0.2, 0.25) is 0 Å². The lowest BCUT2D eigenvalue weighted by Crippen LogP contribution is -2.15. The number of aryl methyl sites for hydroxylation is 2. The van der Waals surface area contributed by atoms with Crippen LogP contribution in [0.15, 0.2) is 42.6 Å². The van der Waals surface area contributed by atoms with Gasteiger partial charge in [0.2, 0.25) is 0 Å². The van der Waals surface area contributed by atoms with Crippen LogP contribution in [0.1, 0.15) is 95.6 Å². The summed E-state index contributed by atoms with van der Waals surface area (Å²) in [7, 11) is 0. The minimum absolute atomic E-state index is 0.953. The molecule has 1 aromatic heterocycles. The molecule has 1 aromatic carbocycles. The van der Waals surface area contributed by atoms with E-state index in [1.807, 2.05) is 0 Å². The highest BCUT2D eigenvalue weighted by Crippen LogP contribution is 2.34. The molecule has 1 aliphatic carbocycles. The summed E-state index contributed by atoms with van der Waals surface area (Å²) in [6.45, 7) is 4.55. The first-order valence-corrected chi connectivity index (χ1v) is 12.3. The number of benzene rings is 1. The lowest BCUT2D eigenvalue weighted by molar-refractivity contribution is 0.249. The molecule has 0 aliphatic heterocycles. The first kappa shape index (κ1) is 22.1. The zero-order chi connectivity index (χ0) is 20.3. The molecule has 1 fully saturated rings. The zero-order valence-electron chi connectivity index (χ0n) is 18.8. The van der Waals surface area contributed by atoms with Gasteiger partial charge in [-0.15, -0.1) is 0 Å². The molecule has 1 saturated carbocycles. The lowest BCUT2D eigenvalue weighted by atomic mass is 9.78. The number of rotatable bonds is 11. The van der Waals surface area contributed by atoms with E-state index >= 15 is 0 Å². The van der Waals surface area contributed by atoms with E-state index in [-0.39, 0.29) is 0 Å². The molecule has 1 heterocycles. The van der Waals surface area contributed by atoms with Crippen molar-refractivity contribution in [3.63, 3.8) is 0 Å². The second kappa shape index (κ2) is 12.2. The molecule has 0 atom stereocenters. The third-order valence-corrected chi connectivity index (χ3v) is 6.92. The predicted octanol–water partition coefficient (Wildman–Crippen LogP) is 8.41. The van der Waals surface area contributed by atoms with E-state index in [4.69, 9.17) is 0 Å². The van der Waals surface area contributed by atoms with Crippen LogP contribution in [-0.2, 0) is 12.8 Å². The first-order valence-electron chi connectivity index (χ1n) is 12.3.